The Morgan fingerprint density at radius 3 is 2.33 bits per heavy atom. The van der Waals surface area contributed by atoms with Gasteiger partial charge in [0.1, 0.15) is 0 Å². The van der Waals surface area contributed by atoms with Crippen LogP contribution in [-0.4, -0.2) is 42.1 Å². The minimum atomic E-state index is -4.60. The van der Waals surface area contributed by atoms with Crippen molar-refractivity contribution < 1.29 is 19.3 Å². The summed E-state index contributed by atoms with van der Waals surface area (Å²) >= 11 is 0. The first kappa shape index (κ1) is 21.5. The third kappa shape index (κ3) is 5.35. The molecular formula is C23H25F3N6O. The average Bonchev–Trinajstić information content (AvgIpc) is 2.84. The molecule has 0 atom stereocenters. The number of rotatable bonds is 4. The highest BCUT2D eigenvalue weighted by atomic mass is 19.4. The van der Waals surface area contributed by atoms with Crippen molar-refractivity contribution in [1.29, 1.82) is 5.26 Å². The Hall–Kier alpha value is -3.35. The summed E-state index contributed by atoms with van der Waals surface area (Å²) in [4.78, 5) is 25.1. The highest BCUT2D eigenvalue weighted by molar-refractivity contribution is 5.91. The molecule has 0 spiro atoms. The first-order valence-electron chi connectivity index (χ1n) is 11.5. The van der Waals surface area contributed by atoms with Gasteiger partial charge in [-0.2, -0.15) is 18.4 Å². The lowest BCUT2D eigenvalue weighted by Crippen LogP contribution is -2.38. The van der Waals surface area contributed by atoms with Gasteiger partial charge in [0.2, 0.25) is 11.9 Å². The molecule has 33 heavy (non-hydrogen) atoms. The quantitative estimate of drug-likeness (QED) is 0.737. The molecular weight excluding hydrogens is 433 g/mol. The molecule has 0 saturated carbocycles. The topological polar surface area (TPSA) is 85.2 Å². The van der Waals surface area contributed by atoms with Gasteiger partial charge in [0.15, 0.2) is 0 Å². The van der Waals surface area contributed by atoms with Gasteiger partial charge in [-0.05, 0) is 50.3 Å². The second-order valence-corrected chi connectivity index (χ2v) is 8.21. The predicted molar refractivity (Wildman–Crippen MR) is 118 cm³/mol. The maximum absolute atomic E-state index is 13.3. The fraction of sp³-hybridized carbons (Fsp3) is 0.478. The van der Waals surface area contributed by atoms with E-state index in [9.17, 15) is 18.0 Å². The number of amides is 1. The van der Waals surface area contributed by atoms with Crippen molar-refractivity contribution in [3.63, 3.8) is 0 Å². The molecule has 2 saturated heterocycles. The molecule has 7 nitrogen and oxygen atoms in total. The van der Waals surface area contributed by atoms with Crippen LogP contribution in [0.2, 0.25) is 0 Å². The summed E-state index contributed by atoms with van der Waals surface area (Å²) in [6.45, 7) is 2.41. The number of hydrogen-bond donors (Lipinski definition) is 1. The lowest BCUT2D eigenvalue weighted by Gasteiger charge is -2.33. The van der Waals surface area contributed by atoms with Crippen LogP contribution in [0.4, 0.5) is 30.5 Å². The summed E-state index contributed by atoms with van der Waals surface area (Å²) in [5, 5.41) is 11.7. The van der Waals surface area contributed by atoms with Gasteiger partial charge in [0.25, 0.3) is 0 Å². The van der Waals surface area contributed by atoms with Crippen LogP contribution in [0, 0.1) is 17.2 Å². The Kier molecular flexibility index (Phi) is 6.28. The van der Waals surface area contributed by atoms with Gasteiger partial charge in [-0.3, -0.25) is 10.1 Å². The van der Waals surface area contributed by atoms with Gasteiger partial charge in [-0.15, -0.1) is 0 Å². The summed E-state index contributed by atoms with van der Waals surface area (Å²) < 4.78 is 47.6. The van der Waals surface area contributed by atoms with E-state index in [1.807, 2.05) is 0 Å². The Labute approximate surface area is 191 Å². The number of nitrogens with zero attached hydrogens (tertiary/aromatic N) is 5. The van der Waals surface area contributed by atoms with E-state index in [2.05, 4.69) is 20.2 Å². The van der Waals surface area contributed by atoms with Crippen molar-refractivity contribution in [2.45, 2.75) is 38.3 Å². The summed E-state index contributed by atoms with van der Waals surface area (Å²) in [6.07, 6.45) is 1.27. The summed E-state index contributed by atoms with van der Waals surface area (Å²) in [5.74, 6) is -0.289. The zero-order valence-corrected chi connectivity index (χ0v) is 18.0. The number of nitrogens with one attached hydrogen (secondary N) is 1. The number of benzene rings is 1. The lowest BCUT2D eigenvalue weighted by atomic mass is 9.95. The number of halogens is 3. The molecule has 10 heteroatoms. The molecule has 1 N–H and O–H groups in total. The van der Waals surface area contributed by atoms with Gasteiger partial charge >= 0.3 is 6.18 Å². The average molecular weight is 459 g/mol. The van der Waals surface area contributed by atoms with E-state index < -0.39 is 17.3 Å². The standard InChI is InChI=1S/C23H25F3N6O/c24-23(25,26)20-12-18(5-4-17(20)13-27)32-10-6-16(7-11-32)21(33)30-22-28-14-19(15-29-22)31-8-2-1-3-9-31/h4-5,12,14-16H,1-3,6-11H2,(H,28,29,30,33)/i1D. The van der Waals surface area contributed by atoms with E-state index >= 15 is 0 Å². The Morgan fingerprint density at radius 2 is 1.73 bits per heavy atom. The maximum Gasteiger partial charge on any atom is 0.417 e. The Morgan fingerprint density at radius 1 is 1.09 bits per heavy atom. The minimum Gasteiger partial charge on any atom is -0.371 e. The van der Waals surface area contributed by atoms with Gasteiger partial charge in [-0.25, -0.2) is 9.97 Å². The maximum atomic E-state index is 13.3. The van der Waals surface area contributed by atoms with Crippen LogP contribution < -0.4 is 15.1 Å². The number of alkyl halides is 3. The SMILES string of the molecule is [2H]C1CCN(c2cnc(NC(=O)C3CCN(c4ccc(C#N)c(C(F)(F)F)c4)CC3)nc2)CC1. The number of hydrogen-bond acceptors (Lipinski definition) is 6. The molecule has 3 heterocycles. The normalized spacial score (nSPS) is 18.5. The van der Waals surface area contributed by atoms with Crippen LogP contribution in [0.1, 0.15) is 44.6 Å². The number of anilines is 3. The highest BCUT2D eigenvalue weighted by Gasteiger charge is 2.35. The molecule has 0 radical (unpaired) electrons. The molecule has 1 aromatic carbocycles. The van der Waals surface area contributed by atoms with Crippen LogP contribution in [0.3, 0.4) is 0 Å². The fourth-order valence-corrected chi connectivity index (χ4v) is 4.23. The summed E-state index contributed by atoms with van der Waals surface area (Å²) in [5.41, 5.74) is -0.105. The van der Waals surface area contributed by atoms with Crippen molar-refractivity contribution in [3.05, 3.63) is 41.7 Å². The second-order valence-electron chi connectivity index (χ2n) is 8.21. The number of aromatic nitrogens is 2. The number of piperidine rings is 2. The smallest absolute Gasteiger partial charge is 0.371 e. The van der Waals surface area contributed by atoms with Crippen molar-refractivity contribution in [2.75, 3.05) is 41.3 Å². The third-order valence-electron chi connectivity index (χ3n) is 6.10. The largest absolute Gasteiger partial charge is 0.417 e. The molecule has 0 unspecified atom stereocenters. The zero-order chi connectivity index (χ0) is 24.3. The van der Waals surface area contributed by atoms with Crippen molar-refractivity contribution in [2.24, 2.45) is 5.92 Å². The minimum absolute atomic E-state index is 0.0225. The molecule has 4 rings (SSSR count). The monoisotopic (exact) mass is 459 g/mol. The Balaban J connectivity index is 1.32. The van der Waals surface area contributed by atoms with Gasteiger partial charge in [0, 0.05) is 39.2 Å². The van der Waals surface area contributed by atoms with E-state index in [0.717, 1.165) is 37.7 Å². The van der Waals surface area contributed by atoms with E-state index in [1.165, 1.54) is 12.1 Å². The summed E-state index contributed by atoms with van der Waals surface area (Å²) in [7, 11) is 0. The van der Waals surface area contributed by atoms with Crippen molar-refractivity contribution in [1.82, 2.24) is 9.97 Å². The second kappa shape index (κ2) is 9.65. The van der Waals surface area contributed by atoms with Gasteiger partial charge < -0.3 is 9.80 Å². The molecule has 1 amide bonds. The number of nitriles is 1. The van der Waals surface area contributed by atoms with Gasteiger partial charge in [-0.1, -0.05) is 0 Å². The molecule has 2 aromatic rings. The lowest BCUT2D eigenvalue weighted by molar-refractivity contribution is -0.137. The van der Waals surface area contributed by atoms with E-state index in [1.54, 1.807) is 23.4 Å². The molecule has 0 aliphatic carbocycles. The molecule has 2 aliphatic heterocycles. The van der Waals surface area contributed by atoms with Crippen LogP contribution in [-0.2, 0) is 11.0 Å². The first-order chi connectivity index (χ1) is 16.2. The Bertz CT molecular complexity index is 1060. The van der Waals surface area contributed by atoms with Crippen LogP contribution in [0.15, 0.2) is 30.6 Å². The molecule has 2 fully saturated rings. The van der Waals surface area contributed by atoms with Crippen LogP contribution >= 0.6 is 0 Å². The predicted octanol–water partition coefficient (Wildman–Crippen LogP) is 4.21. The zero-order valence-electron chi connectivity index (χ0n) is 19.0. The number of carbonyl (C=O) groups excluding carboxylic acids is 1. The van der Waals surface area contributed by atoms with E-state index in [4.69, 9.17) is 6.63 Å². The van der Waals surface area contributed by atoms with Crippen molar-refractivity contribution in [3.8, 4) is 6.07 Å². The highest BCUT2D eigenvalue weighted by Crippen LogP contribution is 2.35. The third-order valence-corrected chi connectivity index (χ3v) is 6.10. The molecule has 2 aliphatic rings. The first-order valence-corrected chi connectivity index (χ1v) is 10.9. The number of carbonyl (C=O) groups is 1. The van der Waals surface area contributed by atoms with Crippen molar-refractivity contribution >= 4 is 23.2 Å². The summed E-state index contributed by atoms with van der Waals surface area (Å²) in [6, 6.07) is 5.29. The fourth-order valence-electron chi connectivity index (χ4n) is 4.23. The van der Waals surface area contributed by atoms with Crippen LogP contribution in [0.5, 0.6) is 0 Å². The van der Waals surface area contributed by atoms with Gasteiger partial charge in [0.05, 0.1) is 35.3 Å². The molecule has 174 valence electrons. The molecule has 0 bridgehead atoms. The van der Waals surface area contributed by atoms with Crippen LogP contribution in [0.25, 0.3) is 0 Å². The van der Waals surface area contributed by atoms with E-state index in [-0.39, 0.29) is 24.2 Å². The molecule has 1 aromatic heterocycles. The van der Waals surface area contributed by atoms with E-state index in [0.29, 0.717) is 31.6 Å².